The summed E-state index contributed by atoms with van der Waals surface area (Å²) in [7, 11) is -1.10. The van der Waals surface area contributed by atoms with Gasteiger partial charge in [0, 0.05) is 16.6 Å². The predicted octanol–water partition coefficient (Wildman–Crippen LogP) is 1.28. The first-order valence-corrected chi connectivity index (χ1v) is 6.53. The number of amides is 1. The Morgan fingerprint density at radius 2 is 2.19 bits per heavy atom. The minimum Gasteiger partial charge on any atom is -0.397 e. The number of hydrogen-bond donors (Lipinski definition) is 2. The number of nitrogen functional groups attached to an aromatic ring is 1. The molecule has 0 aliphatic rings. The molecule has 0 aliphatic carbocycles. The van der Waals surface area contributed by atoms with Crippen LogP contribution in [-0.4, -0.2) is 21.6 Å². The van der Waals surface area contributed by atoms with E-state index in [-0.39, 0.29) is 11.7 Å². The lowest BCUT2D eigenvalue weighted by Gasteiger charge is -2.10. The van der Waals surface area contributed by atoms with Crippen LogP contribution in [0.15, 0.2) is 18.2 Å². The van der Waals surface area contributed by atoms with Gasteiger partial charge in [0.2, 0.25) is 5.91 Å². The van der Waals surface area contributed by atoms with Crippen LogP contribution >= 0.6 is 0 Å². The average Bonchev–Trinajstić information content (AvgIpc) is 2.23. The third kappa shape index (κ3) is 3.34. The molecule has 1 aromatic carbocycles. The number of para-hydroxylation sites is 1. The van der Waals surface area contributed by atoms with Gasteiger partial charge in [0.25, 0.3) is 0 Å². The van der Waals surface area contributed by atoms with Crippen LogP contribution in [-0.2, 0) is 15.6 Å². The summed E-state index contributed by atoms with van der Waals surface area (Å²) in [5.41, 5.74) is 7.78. The summed E-state index contributed by atoms with van der Waals surface area (Å²) in [6, 6.07) is 5.41. The summed E-state index contributed by atoms with van der Waals surface area (Å²) in [5.74, 6) is 0.238. The number of nitrogens with one attached hydrogen (secondary N) is 1. The molecule has 1 rings (SSSR count). The van der Waals surface area contributed by atoms with Crippen molar-refractivity contribution in [3.05, 3.63) is 23.8 Å². The van der Waals surface area contributed by atoms with E-state index in [1.807, 2.05) is 19.1 Å². The van der Waals surface area contributed by atoms with E-state index in [9.17, 15) is 9.00 Å². The van der Waals surface area contributed by atoms with E-state index in [4.69, 9.17) is 5.73 Å². The first kappa shape index (κ1) is 12.7. The third-order valence-corrected chi connectivity index (χ3v) is 3.41. The summed E-state index contributed by atoms with van der Waals surface area (Å²) < 4.78 is 11.2. The van der Waals surface area contributed by atoms with Gasteiger partial charge in [-0.1, -0.05) is 19.1 Å². The molecular weight excluding hydrogens is 224 g/mol. The molecule has 1 amide bonds. The number of nitrogens with two attached hydrogens (primary N) is 1. The summed E-state index contributed by atoms with van der Waals surface area (Å²) in [5, 5.41) is 2.69. The Balaban J connectivity index is 2.73. The molecule has 0 fully saturated rings. The number of carbonyl (C=O) groups is 1. The predicted molar refractivity (Wildman–Crippen MR) is 67.8 cm³/mol. The van der Waals surface area contributed by atoms with Crippen molar-refractivity contribution in [1.82, 2.24) is 0 Å². The normalized spacial score (nSPS) is 12.1. The first-order chi connectivity index (χ1) is 7.54. The highest BCUT2D eigenvalue weighted by molar-refractivity contribution is 7.85. The fourth-order valence-corrected chi connectivity index (χ4v) is 1.85. The van der Waals surface area contributed by atoms with Gasteiger partial charge in [-0.15, -0.1) is 0 Å². The molecule has 0 radical (unpaired) electrons. The first-order valence-electron chi connectivity index (χ1n) is 5.04. The van der Waals surface area contributed by atoms with Crippen LogP contribution in [0.4, 0.5) is 11.4 Å². The van der Waals surface area contributed by atoms with Crippen molar-refractivity contribution in [2.24, 2.45) is 0 Å². The number of aryl methyl sites for hydroxylation is 1. The molecule has 0 heterocycles. The number of benzene rings is 1. The van der Waals surface area contributed by atoms with Gasteiger partial charge in [-0.3, -0.25) is 9.00 Å². The van der Waals surface area contributed by atoms with E-state index < -0.39 is 10.8 Å². The minimum atomic E-state index is -1.10. The van der Waals surface area contributed by atoms with Crippen LogP contribution in [0.5, 0.6) is 0 Å². The Kier molecular flexibility index (Phi) is 4.49. The van der Waals surface area contributed by atoms with Gasteiger partial charge in [-0.25, -0.2) is 0 Å². The Morgan fingerprint density at radius 1 is 1.50 bits per heavy atom. The second-order valence-electron chi connectivity index (χ2n) is 3.46. The highest BCUT2D eigenvalue weighted by Crippen LogP contribution is 2.22. The summed E-state index contributed by atoms with van der Waals surface area (Å²) in [6.45, 7) is 3.65. The zero-order valence-corrected chi connectivity index (χ0v) is 10.3. The lowest BCUT2D eigenvalue weighted by atomic mass is 10.1. The summed E-state index contributed by atoms with van der Waals surface area (Å²) >= 11 is 0. The zero-order valence-electron chi connectivity index (χ0n) is 9.45. The van der Waals surface area contributed by atoms with Crippen molar-refractivity contribution >= 4 is 28.1 Å². The number of rotatable bonds is 4. The third-order valence-electron chi connectivity index (χ3n) is 2.18. The molecule has 4 nitrogen and oxygen atoms in total. The Morgan fingerprint density at radius 3 is 2.75 bits per heavy atom. The average molecular weight is 240 g/mol. The second-order valence-corrected chi connectivity index (χ2v) is 5.21. The minimum absolute atomic E-state index is 0.0181. The highest BCUT2D eigenvalue weighted by Gasteiger charge is 2.09. The molecule has 0 aromatic heterocycles. The molecule has 0 bridgehead atoms. The fraction of sp³-hybridized carbons (Fsp3) is 0.364. The molecule has 0 saturated heterocycles. The number of hydrogen-bond acceptors (Lipinski definition) is 3. The van der Waals surface area contributed by atoms with E-state index in [0.29, 0.717) is 17.1 Å². The van der Waals surface area contributed by atoms with Crippen molar-refractivity contribution in [1.29, 1.82) is 0 Å². The SMILES string of the molecule is CCS(=O)CC(=O)Nc1c(C)cccc1N. The van der Waals surface area contributed by atoms with Crippen molar-refractivity contribution in [3.8, 4) is 0 Å². The maximum atomic E-state index is 11.5. The second kappa shape index (κ2) is 5.65. The Hall–Kier alpha value is -1.36. The highest BCUT2D eigenvalue weighted by atomic mass is 32.2. The molecule has 1 unspecified atom stereocenters. The van der Waals surface area contributed by atoms with Crippen LogP contribution in [0.3, 0.4) is 0 Å². The van der Waals surface area contributed by atoms with Crippen molar-refractivity contribution in [2.75, 3.05) is 22.6 Å². The lowest BCUT2D eigenvalue weighted by Crippen LogP contribution is -2.21. The van der Waals surface area contributed by atoms with Gasteiger partial charge >= 0.3 is 0 Å². The zero-order chi connectivity index (χ0) is 12.1. The molecule has 0 spiro atoms. The molecule has 16 heavy (non-hydrogen) atoms. The topological polar surface area (TPSA) is 72.2 Å². The monoisotopic (exact) mass is 240 g/mol. The smallest absolute Gasteiger partial charge is 0.237 e. The van der Waals surface area contributed by atoms with Crippen molar-refractivity contribution < 1.29 is 9.00 Å². The van der Waals surface area contributed by atoms with Gasteiger partial charge in [-0.2, -0.15) is 0 Å². The van der Waals surface area contributed by atoms with Gasteiger partial charge < -0.3 is 11.1 Å². The fourth-order valence-electron chi connectivity index (χ4n) is 1.28. The number of anilines is 2. The standard InChI is InChI=1S/C11H16N2O2S/c1-3-16(15)7-10(14)13-11-8(2)5-4-6-9(11)12/h4-6H,3,7,12H2,1-2H3,(H,13,14). The Bertz CT molecular complexity index is 398. The maximum Gasteiger partial charge on any atom is 0.237 e. The summed E-state index contributed by atoms with van der Waals surface area (Å²) in [4.78, 5) is 11.5. The quantitative estimate of drug-likeness (QED) is 0.779. The van der Waals surface area contributed by atoms with Crippen molar-refractivity contribution in [3.63, 3.8) is 0 Å². The van der Waals surface area contributed by atoms with Crippen LogP contribution in [0.25, 0.3) is 0 Å². The van der Waals surface area contributed by atoms with E-state index in [2.05, 4.69) is 5.32 Å². The van der Waals surface area contributed by atoms with E-state index in [1.165, 1.54) is 0 Å². The van der Waals surface area contributed by atoms with E-state index in [1.54, 1.807) is 13.0 Å². The lowest BCUT2D eigenvalue weighted by molar-refractivity contribution is -0.113. The molecule has 88 valence electrons. The van der Waals surface area contributed by atoms with Crippen LogP contribution in [0, 0.1) is 6.92 Å². The molecule has 0 saturated carbocycles. The van der Waals surface area contributed by atoms with E-state index in [0.717, 1.165) is 5.56 Å². The van der Waals surface area contributed by atoms with Gasteiger partial charge in [0.15, 0.2) is 0 Å². The molecule has 5 heteroatoms. The molecule has 1 aromatic rings. The van der Waals surface area contributed by atoms with E-state index >= 15 is 0 Å². The molecule has 1 atom stereocenters. The van der Waals surface area contributed by atoms with Gasteiger partial charge in [-0.05, 0) is 18.6 Å². The van der Waals surface area contributed by atoms with Crippen LogP contribution in [0.1, 0.15) is 12.5 Å². The van der Waals surface area contributed by atoms with Crippen LogP contribution in [0.2, 0.25) is 0 Å². The van der Waals surface area contributed by atoms with Gasteiger partial charge in [0.05, 0.1) is 11.4 Å². The maximum absolute atomic E-state index is 11.5. The molecule has 3 N–H and O–H groups in total. The van der Waals surface area contributed by atoms with Gasteiger partial charge in [0.1, 0.15) is 5.75 Å². The number of carbonyl (C=O) groups excluding carboxylic acids is 1. The molecule has 0 aliphatic heterocycles. The Labute approximate surface area is 97.7 Å². The summed E-state index contributed by atoms with van der Waals surface area (Å²) in [6.07, 6.45) is 0. The van der Waals surface area contributed by atoms with Crippen molar-refractivity contribution in [2.45, 2.75) is 13.8 Å². The largest absolute Gasteiger partial charge is 0.397 e. The van der Waals surface area contributed by atoms with Crippen LogP contribution < -0.4 is 11.1 Å². The molecular formula is C11H16N2O2S.